The fraction of sp³-hybridized carbons (Fsp3) is 0.476. The predicted octanol–water partition coefficient (Wildman–Crippen LogP) is 3.18. The Morgan fingerprint density at radius 1 is 1.25 bits per heavy atom. The highest BCUT2D eigenvalue weighted by Crippen LogP contribution is 2.27. The molecule has 1 fully saturated rings. The highest BCUT2D eigenvalue weighted by atomic mass is 32.2. The maximum Gasteiger partial charge on any atom is 0.148 e. The van der Waals surface area contributed by atoms with Crippen LogP contribution in [0.4, 0.5) is 11.5 Å². The molecule has 0 atom stereocenters. The second-order valence-corrected chi connectivity index (χ2v) is 7.88. The summed E-state index contributed by atoms with van der Waals surface area (Å²) in [6.07, 6.45) is 7.61. The third kappa shape index (κ3) is 4.75. The van der Waals surface area contributed by atoms with Crippen molar-refractivity contribution in [3.05, 3.63) is 41.1 Å². The van der Waals surface area contributed by atoms with E-state index in [0.29, 0.717) is 0 Å². The van der Waals surface area contributed by atoms with Gasteiger partial charge in [0, 0.05) is 31.1 Å². The number of anilines is 2. The number of hydrogen-bond donors (Lipinski definition) is 2. The normalized spacial score (nSPS) is 15.7. The molecule has 28 heavy (non-hydrogen) atoms. The highest BCUT2D eigenvalue weighted by Gasteiger charge is 2.29. The van der Waals surface area contributed by atoms with Crippen LogP contribution in [0.5, 0.6) is 0 Å². The zero-order chi connectivity index (χ0) is 20.1. The van der Waals surface area contributed by atoms with Crippen molar-refractivity contribution in [2.45, 2.75) is 45.6 Å². The van der Waals surface area contributed by atoms with Crippen molar-refractivity contribution >= 4 is 23.5 Å². The van der Waals surface area contributed by atoms with Crippen LogP contribution in [-0.4, -0.2) is 45.0 Å². The Hall–Kier alpha value is -2.30. The van der Waals surface area contributed by atoms with Gasteiger partial charge in [-0.3, -0.25) is 4.98 Å². The van der Waals surface area contributed by atoms with Gasteiger partial charge in [0.05, 0.1) is 28.2 Å². The molecule has 3 rings (SSSR count). The van der Waals surface area contributed by atoms with E-state index in [2.05, 4.69) is 43.3 Å². The molecule has 1 aliphatic rings. The van der Waals surface area contributed by atoms with Crippen molar-refractivity contribution < 1.29 is 5.11 Å². The second kappa shape index (κ2) is 8.80. The molecule has 3 heterocycles. The minimum Gasteiger partial charge on any atom is -0.390 e. The Morgan fingerprint density at radius 3 is 2.68 bits per heavy atom. The maximum atomic E-state index is 10.3. The number of pyridine rings is 1. The van der Waals surface area contributed by atoms with Gasteiger partial charge in [0.15, 0.2) is 0 Å². The smallest absolute Gasteiger partial charge is 0.148 e. The summed E-state index contributed by atoms with van der Waals surface area (Å²) in [6, 6.07) is 2.01. The molecule has 0 aromatic carbocycles. The van der Waals surface area contributed by atoms with Crippen molar-refractivity contribution in [1.29, 1.82) is 0 Å². The van der Waals surface area contributed by atoms with Gasteiger partial charge in [-0.25, -0.2) is 9.97 Å². The Bertz CT molecular complexity index is 893. The van der Waals surface area contributed by atoms with Crippen LogP contribution in [0.25, 0.3) is 0 Å². The fourth-order valence-electron chi connectivity index (χ4n) is 3.20. The molecule has 0 spiro atoms. The quantitative estimate of drug-likeness (QED) is 0.606. The molecule has 148 valence electrons. The molecule has 7 heteroatoms. The van der Waals surface area contributed by atoms with Gasteiger partial charge in [0.2, 0.25) is 0 Å². The van der Waals surface area contributed by atoms with Gasteiger partial charge < -0.3 is 14.7 Å². The molecule has 2 N–H and O–H groups in total. The molecule has 0 bridgehead atoms. The van der Waals surface area contributed by atoms with Crippen LogP contribution >= 0.6 is 11.9 Å². The molecular weight excluding hydrogens is 370 g/mol. The van der Waals surface area contributed by atoms with Crippen molar-refractivity contribution in [2.75, 3.05) is 29.0 Å². The average Bonchev–Trinajstić information content (AvgIpc) is 2.68. The molecular formula is C21H27N5OS. The summed E-state index contributed by atoms with van der Waals surface area (Å²) in [7, 11) is 0. The lowest BCUT2D eigenvalue weighted by molar-refractivity contribution is 0.0350. The molecule has 0 saturated carbocycles. The van der Waals surface area contributed by atoms with E-state index in [9.17, 15) is 5.11 Å². The summed E-state index contributed by atoms with van der Waals surface area (Å²) in [5, 5.41) is 10.3. The van der Waals surface area contributed by atoms with Gasteiger partial charge in [0.25, 0.3) is 0 Å². The summed E-state index contributed by atoms with van der Waals surface area (Å²) in [6.45, 7) is 7.46. The Morgan fingerprint density at radius 2 is 2.00 bits per heavy atom. The lowest BCUT2D eigenvalue weighted by Crippen LogP contribution is -2.43. The first kappa shape index (κ1) is 20.4. The van der Waals surface area contributed by atoms with Gasteiger partial charge in [-0.1, -0.05) is 30.7 Å². The number of aromatic nitrogens is 3. The van der Waals surface area contributed by atoms with E-state index in [1.807, 2.05) is 26.2 Å². The van der Waals surface area contributed by atoms with Crippen LogP contribution in [0.1, 0.15) is 49.2 Å². The summed E-state index contributed by atoms with van der Waals surface area (Å²) in [5.41, 5.74) is 3.97. The summed E-state index contributed by atoms with van der Waals surface area (Å²) < 4.78 is 3.24. The van der Waals surface area contributed by atoms with E-state index in [1.165, 1.54) is 11.9 Å². The standard InChI is InChI=1S/C21H27N5OS/c1-5-18-17(7-6-16-12-19(25-28-4)15(2)22-13-16)20(24-14-23-18)26-10-8-21(3,27)9-11-26/h12-14,25,27H,5,8-11H2,1-4H3. The second-order valence-electron chi connectivity index (χ2n) is 7.27. The van der Waals surface area contributed by atoms with E-state index in [4.69, 9.17) is 0 Å². The van der Waals surface area contributed by atoms with Gasteiger partial charge in [-0.05, 0) is 39.2 Å². The molecule has 0 aliphatic carbocycles. The van der Waals surface area contributed by atoms with E-state index >= 15 is 0 Å². The molecule has 6 nitrogen and oxygen atoms in total. The topological polar surface area (TPSA) is 74.2 Å². The lowest BCUT2D eigenvalue weighted by Gasteiger charge is -2.36. The fourth-order valence-corrected chi connectivity index (χ4v) is 3.62. The molecule has 0 amide bonds. The molecule has 1 aliphatic heterocycles. The summed E-state index contributed by atoms with van der Waals surface area (Å²) in [5.74, 6) is 7.40. The van der Waals surface area contributed by atoms with Crippen LogP contribution in [0.15, 0.2) is 18.6 Å². The number of piperidine rings is 1. The van der Waals surface area contributed by atoms with Crippen molar-refractivity contribution in [3.8, 4) is 11.8 Å². The molecule has 1 saturated heterocycles. The van der Waals surface area contributed by atoms with Crippen LogP contribution in [-0.2, 0) is 6.42 Å². The van der Waals surface area contributed by atoms with E-state index in [-0.39, 0.29) is 0 Å². The van der Waals surface area contributed by atoms with Gasteiger partial charge >= 0.3 is 0 Å². The third-order valence-electron chi connectivity index (χ3n) is 5.01. The minimum atomic E-state index is -0.600. The van der Waals surface area contributed by atoms with Crippen LogP contribution < -0.4 is 9.62 Å². The first-order chi connectivity index (χ1) is 13.4. The van der Waals surface area contributed by atoms with Crippen LogP contribution in [0, 0.1) is 18.8 Å². The summed E-state index contributed by atoms with van der Waals surface area (Å²) >= 11 is 1.53. The number of nitrogens with one attached hydrogen (secondary N) is 1. The number of aryl methyl sites for hydroxylation is 2. The minimum absolute atomic E-state index is 0.600. The SMILES string of the molecule is CCc1ncnc(N2CCC(C)(O)CC2)c1C#Cc1cnc(C)c(NSC)c1. The van der Waals surface area contributed by atoms with Crippen molar-refractivity contribution in [1.82, 2.24) is 15.0 Å². The molecule has 0 radical (unpaired) electrons. The Kier molecular flexibility index (Phi) is 6.42. The Labute approximate surface area is 171 Å². The van der Waals surface area contributed by atoms with Gasteiger partial charge in [-0.15, -0.1) is 0 Å². The van der Waals surface area contributed by atoms with E-state index in [1.54, 1.807) is 12.5 Å². The van der Waals surface area contributed by atoms with Crippen LogP contribution in [0.3, 0.4) is 0 Å². The average molecular weight is 398 g/mol. The molecule has 2 aromatic rings. The van der Waals surface area contributed by atoms with Crippen LogP contribution in [0.2, 0.25) is 0 Å². The van der Waals surface area contributed by atoms with Gasteiger partial charge in [0.1, 0.15) is 12.1 Å². The number of aliphatic hydroxyl groups is 1. The van der Waals surface area contributed by atoms with E-state index in [0.717, 1.165) is 66.4 Å². The zero-order valence-corrected chi connectivity index (χ0v) is 17.7. The molecule has 0 unspecified atom stereocenters. The Balaban J connectivity index is 1.94. The number of hydrogen-bond acceptors (Lipinski definition) is 7. The first-order valence-electron chi connectivity index (χ1n) is 9.52. The first-order valence-corrected chi connectivity index (χ1v) is 10.7. The van der Waals surface area contributed by atoms with Crippen molar-refractivity contribution in [2.24, 2.45) is 0 Å². The zero-order valence-electron chi connectivity index (χ0n) is 16.9. The monoisotopic (exact) mass is 397 g/mol. The maximum absolute atomic E-state index is 10.3. The number of nitrogens with zero attached hydrogens (tertiary/aromatic N) is 4. The molecule has 2 aromatic heterocycles. The summed E-state index contributed by atoms with van der Waals surface area (Å²) in [4.78, 5) is 15.6. The lowest BCUT2D eigenvalue weighted by atomic mass is 9.93. The van der Waals surface area contributed by atoms with Crippen molar-refractivity contribution in [3.63, 3.8) is 0 Å². The number of rotatable bonds is 4. The largest absolute Gasteiger partial charge is 0.390 e. The van der Waals surface area contributed by atoms with E-state index < -0.39 is 5.60 Å². The third-order valence-corrected chi connectivity index (χ3v) is 5.44. The van der Waals surface area contributed by atoms with Gasteiger partial charge in [-0.2, -0.15) is 0 Å². The highest BCUT2D eigenvalue weighted by molar-refractivity contribution is 7.99. The predicted molar refractivity (Wildman–Crippen MR) is 116 cm³/mol.